The normalized spacial score (nSPS) is 13.6. The van der Waals surface area contributed by atoms with E-state index in [9.17, 15) is 14.4 Å². The third kappa shape index (κ3) is 5.57. The molecule has 4 aromatic carbocycles. The van der Waals surface area contributed by atoms with Crippen molar-refractivity contribution in [1.82, 2.24) is 0 Å². The van der Waals surface area contributed by atoms with Gasteiger partial charge in [-0.1, -0.05) is 82.2 Å². The SMILES string of the molecule is Cc1ccc(COc2c(Br)cc(Br)cc2C=C2C(=O)N(c3ccccc3)C(=O)N(c3ccccc3)C2=O)cc1. The van der Waals surface area contributed by atoms with Crippen LogP contribution < -0.4 is 14.5 Å². The van der Waals surface area contributed by atoms with Gasteiger partial charge in [0.1, 0.15) is 17.9 Å². The Kier molecular flexibility index (Phi) is 7.77. The fraction of sp³-hybridized carbons (Fsp3) is 0.0645. The molecule has 1 saturated heterocycles. The predicted molar refractivity (Wildman–Crippen MR) is 159 cm³/mol. The van der Waals surface area contributed by atoms with Gasteiger partial charge in [0, 0.05) is 10.0 Å². The van der Waals surface area contributed by atoms with Crippen molar-refractivity contribution in [1.29, 1.82) is 0 Å². The maximum absolute atomic E-state index is 13.7. The van der Waals surface area contributed by atoms with E-state index in [1.165, 1.54) is 6.08 Å². The van der Waals surface area contributed by atoms with Gasteiger partial charge in [0.15, 0.2) is 0 Å². The molecule has 194 valence electrons. The molecule has 0 bridgehead atoms. The van der Waals surface area contributed by atoms with E-state index >= 15 is 0 Å². The first kappa shape index (κ1) is 26.6. The second kappa shape index (κ2) is 11.4. The number of carbonyl (C=O) groups is 3. The summed E-state index contributed by atoms with van der Waals surface area (Å²) in [4.78, 5) is 43.1. The van der Waals surface area contributed by atoms with Crippen molar-refractivity contribution in [2.45, 2.75) is 13.5 Å². The third-order valence-corrected chi connectivity index (χ3v) is 7.17. The van der Waals surface area contributed by atoms with Crippen LogP contribution in [0.5, 0.6) is 5.75 Å². The largest absolute Gasteiger partial charge is 0.487 e. The molecule has 0 N–H and O–H groups in total. The highest BCUT2D eigenvalue weighted by Gasteiger charge is 2.43. The number of halogens is 2. The Morgan fingerprint density at radius 2 is 1.28 bits per heavy atom. The van der Waals surface area contributed by atoms with Gasteiger partial charge in [-0.05, 0) is 70.9 Å². The number of imide groups is 2. The standard InChI is InChI=1S/C31H22Br2N2O4/c1-20-12-14-21(15-13-20)19-39-28-22(16-23(32)18-27(28)33)17-26-29(36)34(24-8-4-2-5-9-24)31(38)35(30(26)37)25-10-6-3-7-11-25/h2-18H,19H2,1H3. The summed E-state index contributed by atoms with van der Waals surface area (Å²) in [6.07, 6.45) is 1.48. The van der Waals surface area contributed by atoms with Gasteiger partial charge in [0.25, 0.3) is 11.8 Å². The molecule has 1 fully saturated rings. The summed E-state index contributed by atoms with van der Waals surface area (Å²) in [6, 6.07) is 27.9. The van der Waals surface area contributed by atoms with E-state index in [2.05, 4.69) is 31.9 Å². The van der Waals surface area contributed by atoms with E-state index in [1.54, 1.807) is 66.7 Å². The smallest absolute Gasteiger partial charge is 0.343 e. The molecule has 0 spiro atoms. The van der Waals surface area contributed by atoms with E-state index in [-0.39, 0.29) is 12.2 Å². The van der Waals surface area contributed by atoms with Gasteiger partial charge >= 0.3 is 6.03 Å². The molecule has 0 radical (unpaired) electrons. The number of carbonyl (C=O) groups excluding carboxylic acids is 3. The fourth-order valence-corrected chi connectivity index (χ4v) is 5.55. The van der Waals surface area contributed by atoms with Gasteiger partial charge in [-0.3, -0.25) is 9.59 Å². The average Bonchev–Trinajstić information content (AvgIpc) is 2.93. The van der Waals surface area contributed by atoms with Crippen molar-refractivity contribution in [3.8, 4) is 5.75 Å². The Morgan fingerprint density at radius 3 is 1.82 bits per heavy atom. The highest BCUT2D eigenvalue weighted by Crippen LogP contribution is 2.37. The Labute approximate surface area is 242 Å². The Balaban J connectivity index is 1.60. The van der Waals surface area contributed by atoms with Crippen LogP contribution in [0, 0.1) is 6.92 Å². The summed E-state index contributed by atoms with van der Waals surface area (Å²) in [6.45, 7) is 2.30. The summed E-state index contributed by atoms with van der Waals surface area (Å²) in [7, 11) is 0. The highest BCUT2D eigenvalue weighted by atomic mass is 79.9. The van der Waals surface area contributed by atoms with Crippen molar-refractivity contribution in [2.75, 3.05) is 9.80 Å². The van der Waals surface area contributed by atoms with Crippen LogP contribution in [-0.2, 0) is 16.2 Å². The zero-order valence-corrected chi connectivity index (χ0v) is 24.0. The molecule has 0 aromatic heterocycles. The van der Waals surface area contributed by atoms with Crippen molar-refractivity contribution >= 4 is 67.2 Å². The van der Waals surface area contributed by atoms with E-state index in [1.807, 2.05) is 37.3 Å². The molecule has 1 heterocycles. The number of ether oxygens (including phenoxy) is 1. The van der Waals surface area contributed by atoms with Crippen molar-refractivity contribution < 1.29 is 19.1 Å². The van der Waals surface area contributed by atoms with Crippen LogP contribution in [0.2, 0.25) is 0 Å². The number of para-hydroxylation sites is 2. The zero-order valence-electron chi connectivity index (χ0n) is 20.8. The number of nitrogens with zero attached hydrogens (tertiary/aromatic N) is 2. The summed E-state index contributed by atoms with van der Waals surface area (Å²) in [5.41, 5.74) is 3.15. The van der Waals surface area contributed by atoms with Crippen molar-refractivity contribution in [3.05, 3.63) is 128 Å². The number of aryl methyl sites for hydroxylation is 1. The van der Waals surface area contributed by atoms with E-state index < -0.39 is 17.8 Å². The maximum atomic E-state index is 13.7. The molecule has 0 unspecified atom stereocenters. The number of urea groups is 1. The minimum atomic E-state index is -0.745. The molecule has 8 heteroatoms. The van der Waals surface area contributed by atoms with Crippen molar-refractivity contribution in [2.24, 2.45) is 0 Å². The van der Waals surface area contributed by atoms with E-state index in [0.717, 1.165) is 25.4 Å². The lowest BCUT2D eigenvalue weighted by Gasteiger charge is -2.34. The molecule has 4 amide bonds. The lowest BCUT2D eigenvalue weighted by molar-refractivity contribution is -0.121. The van der Waals surface area contributed by atoms with Gasteiger partial charge in [-0.15, -0.1) is 0 Å². The molecule has 1 aliphatic heterocycles. The number of hydrogen-bond donors (Lipinski definition) is 0. The van der Waals surface area contributed by atoms with Crippen LogP contribution in [0.15, 0.2) is 112 Å². The summed E-state index contributed by atoms with van der Waals surface area (Å²) in [5, 5.41) is 0. The quantitative estimate of drug-likeness (QED) is 0.159. The number of hydrogen-bond acceptors (Lipinski definition) is 4. The van der Waals surface area contributed by atoms with Crippen LogP contribution in [0.25, 0.3) is 6.08 Å². The minimum absolute atomic E-state index is 0.174. The topological polar surface area (TPSA) is 66.9 Å². The number of amides is 4. The first-order chi connectivity index (χ1) is 18.8. The molecule has 6 nitrogen and oxygen atoms in total. The fourth-order valence-electron chi connectivity index (χ4n) is 4.17. The molecule has 0 atom stereocenters. The minimum Gasteiger partial charge on any atom is -0.487 e. The van der Waals surface area contributed by atoms with Gasteiger partial charge in [-0.25, -0.2) is 14.6 Å². The van der Waals surface area contributed by atoms with Gasteiger partial charge in [-0.2, -0.15) is 0 Å². The predicted octanol–water partition coefficient (Wildman–Crippen LogP) is 7.68. The first-order valence-electron chi connectivity index (χ1n) is 12.1. The van der Waals surface area contributed by atoms with Crippen LogP contribution in [-0.4, -0.2) is 17.8 Å². The van der Waals surface area contributed by atoms with Crippen molar-refractivity contribution in [3.63, 3.8) is 0 Å². The molecule has 39 heavy (non-hydrogen) atoms. The first-order valence-corrected chi connectivity index (χ1v) is 13.6. The Bertz CT molecular complexity index is 1520. The molecule has 0 saturated carbocycles. The second-order valence-corrected chi connectivity index (χ2v) is 10.6. The second-order valence-electron chi connectivity index (χ2n) is 8.87. The number of rotatable bonds is 6. The number of benzene rings is 4. The van der Waals surface area contributed by atoms with E-state index in [0.29, 0.717) is 27.2 Å². The monoisotopic (exact) mass is 644 g/mol. The molecule has 5 rings (SSSR count). The van der Waals surface area contributed by atoms with Crippen LogP contribution in [0.1, 0.15) is 16.7 Å². The Hall–Kier alpha value is -4.01. The molecular weight excluding hydrogens is 624 g/mol. The van der Waals surface area contributed by atoms with Gasteiger partial charge in [0.05, 0.1) is 15.8 Å². The third-order valence-electron chi connectivity index (χ3n) is 6.12. The lowest BCUT2D eigenvalue weighted by Crippen LogP contribution is -2.57. The number of anilines is 2. The van der Waals surface area contributed by atoms with E-state index in [4.69, 9.17) is 4.74 Å². The van der Waals surface area contributed by atoms with Crippen LogP contribution >= 0.6 is 31.9 Å². The average molecular weight is 646 g/mol. The maximum Gasteiger partial charge on any atom is 0.343 e. The molecule has 0 aliphatic carbocycles. The summed E-state index contributed by atoms with van der Waals surface area (Å²) >= 11 is 7.05. The van der Waals surface area contributed by atoms with Crippen LogP contribution in [0.3, 0.4) is 0 Å². The molecule has 4 aromatic rings. The Morgan fingerprint density at radius 1 is 0.744 bits per heavy atom. The molecule has 1 aliphatic rings. The highest BCUT2D eigenvalue weighted by molar-refractivity contribution is 9.11. The zero-order chi connectivity index (χ0) is 27.5. The van der Waals surface area contributed by atoms with Gasteiger partial charge in [0.2, 0.25) is 0 Å². The summed E-state index contributed by atoms with van der Waals surface area (Å²) in [5.74, 6) is -0.978. The summed E-state index contributed by atoms with van der Waals surface area (Å²) < 4.78 is 7.54. The molecular formula is C31H22Br2N2O4. The van der Waals surface area contributed by atoms with Gasteiger partial charge < -0.3 is 4.74 Å². The number of barbiturate groups is 1. The van der Waals surface area contributed by atoms with Crippen LogP contribution in [0.4, 0.5) is 16.2 Å². The lowest BCUT2D eigenvalue weighted by atomic mass is 10.0.